The van der Waals surface area contributed by atoms with Crippen molar-refractivity contribution < 1.29 is 20.4 Å². The molecule has 0 bridgehead atoms. The quantitative estimate of drug-likeness (QED) is 0.526. The number of hydrogen-bond donors (Lipinski definition) is 5. The Morgan fingerprint density at radius 3 is 2.48 bits per heavy atom. The summed E-state index contributed by atoms with van der Waals surface area (Å²) >= 11 is 1.36. The van der Waals surface area contributed by atoms with Crippen LogP contribution in [0.25, 0.3) is 22.6 Å². The molecule has 5 nitrogen and oxygen atoms in total. The molecule has 1 aromatic heterocycles. The van der Waals surface area contributed by atoms with E-state index in [1.54, 1.807) is 6.08 Å². The number of para-hydroxylation sites is 1. The van der Waals surface area contributed by atoms with Crippen molar-refractivity contribution in [3.05, 3.63) is 70.0 Å². The largest absolute Gasteiger partial charge is 0.508 e. The van der Waals surface area contributed by atoms with Crippen molar-refractivity contribution in [1.29, 1.82) is 0 Å². The fourth-order valence-electron chi connectivity index (χ4n) is 3.65. The number of allylic oxidation sites excluding steroid dienone is 2. The first-order valence-corrected chi connectivity index (χ1v) is 8.69. The second kappa shape index (κ2) is 5.39. The van der Waals surface area contributed by atoms with E-state index in [-0.39, 0.29) is 11.5 Å². The van der Waals surface area contributed by atoms with Gasteiger partial charge in [-0.25, -0.2) is 0 Å². The van der Waals surface area contributed by atoms with E-state index in [1.807, 2.05) is 31.2 Å². The fourth-order valence-corrected chi connectivity index (χ4v) is 5.01. The maximum atomic E-state index is 10.5. The zero-order valence-electron chi connectivity index (χ0n) is 13.4. The number of nitrogens with one attached hydrogen (secondary N) is 1. The van der Waals surface area contributed by atoms with Gasteiger partial charge in [0.25, 0.3) is 0 Å². The van der Waals surface area contributed by atoms with Crippen LogP contribution in [-0.2, 0) is 0 Å². The minimum Gasteiger partial charge on any atom is -0.508 e. The monoisotopic (exact) mass is 355 g/mol. The van der Waals surface area contributed by atoms with Gasteiger partial charge in [-0.15, -0.1) is 11.8 Å². The summed E-state index contributed by atoms with van der Waals surface area (Å²) in [5.41, 5.74) is 3.44. The normalized spacial score (nSPS) is 23.6. The Hall–Kier alpha value is -2.73. The Morgan fingerprint density at radius 1 is 1.08 bits per heavy atom. The van der Waals surface area contributed by atoms with Crippen molar-refractivity contribution in [2.45, 2.75) is 12.2 Å². The highest BCUT2D eigenvalue weighted by Crippen LogP contribution is 2.55. The van der Waals surface area contributed by atoms with Crippen LogP contribution in [-0.4, -0.2) is 30.7 Å². The molecule has 1 aromatic carbocycles. The molecule has 6 heteroatoms. The SMILES string of the molecule is C=Cc1[nH]c2ccccc2c1C1=C(C)SC2C(O)=C(O)C(O)=C(O)C12. The average molecular weight is 355 g/mol. The molecule has 2 aromatic rings. The van der Waals surface area contributed by atoms with Gasteiger partial charge in [0.2, 0.25) is 5.76 Å². The first-order valence-electron chi connectivity index (χ1n) is 7.81. The third-order valence-corrected chi connectivity index (χ3v) is 6.10. The summed E-state index contributed by atoms with van der Waals surface area (Å²) in [5.74, 6) is -2.63. The molecular formula is C19H17NO4S. The van der Waals surface area contributed by atoms with Gasteiger partial charge in [-0.2, -0.15) is 0 Å². The number of aromatic amines is 1. The number of aliphatic hydroxyl groups is 4. The molecule has 1 aliphatic heterocycles. The maximum Gasteiger partial charge on any atom is 0.200 e. The third-order valence-electron chi connectivity index (χ3n) is 4.78. The number of H-pyrrole nitrogens is 1. The van der Waals surface area contributed by atoms with Gasteiger partial charge in [0, 0.05) is 22.2 Å². The highest BCUT2D eigenvalue weighted by atomic mass is 32.2. The number of hydrogen-bond acceptors (Lipinski definition) is 5. The van der Waals surface area contributed by atoms with Crippen molar-refractivity contribution in [2.24, 2.45) is 5.92 Å². The van der Waals surface area contributed by atoms with Crippen LogP contribution < -0.4 is 0 Å². The lowest BCUT2D eigenvalue weighted by Gasteiger charge is -2.26. The van der Waals surface area contributed by atoms with E-state index in [0.717, 1.165) is 32.6 Å². The molecule has 25 heavy (non-hydrogen) atoms. The van der Waals surface area contributed by atoms with Gasteiger partial charge in [0.15, 0.2) is 11.5 Å². The van der Waals surface area contributed by atoms with Crippen molar-refractivity contribution in [2.75, 3.05) is 0 Å². The number of fused-ring (bicyclic) bond motifs is 2. The van der Waals surface area contributed by atoms with Crippen LogP contribution in [0.4, 0.5) is 0 Å². The number of rotatable bonds is 2. The summed E-state index contributed by atoms with van der Waals surface area (Å²) in [6.07, 6.45) is 1.71. The van der Waals surface area contributed by atoms with E-state index in [9.17, 15) is 20.4 Å². The zero-order valence-corrected chi connectivity index (χ0v) is 14.3. The highest BCUT2D eigenvalue weighted by molar-refractivity contribution is 8.04. The minimum atomic E-state index is -0.674. The number of thioether (sulfide) groups is 1. The molecule has 4 rings (SSSR count). The lowest BCUT2D eigenvalue weighted by Crippen LogP contribution is -2.26. The molecule has 1 aliphatic carbocycles. The van der Waals surface area contributed by atoms with Crippen LogP contribution in [0.3, 0.4) is 0 Å². The predicted molar refractivity (Wildman–Crippen MR) is 100 cm³/mol. The van der Waals surface area contributed by atoms with E-state index >= 15 is 0 Å². The topological polar surface area (TPSA) is 96.7 Å². The summed E-state index contributed by atoms with van der Waals surface area (Å²) in [6, 6.07) is 7.79. The van der Waals surface area contributed by atoms with E-state index in [4.69, 9.17) is 0 Å². The van der Waals surface area contributed by atoms with Gasteiger partial charge in [-0.3, -0.25) is 0 Å². The number of benzene rings is 1. The van der Waals surface area contributed by atoms with Crippen LogP contribution in [0, 0.1) is 5.92 Å². The lowest BCUT2D eigenvalue weighted by atomic mass is 9.83. The van der Waals surface area contributed by atoms with E-state index in [0.29, 0.717) is 0 Å². The van der Waals surface area contributed by atoms with Gasteiger partial charge < -0.3 is 25.4 Å². The van der Waals surface area contributed by atoms with Crippen molar-refractivity contribution in [3.63, 3.8) is 0 Å². The van der Waals surface area contributed by atoms with E-state index in [1.165, 1.54) is 11.8 Å². The van der Waals surface area contributed by atoms with Crippen LogP contribution in [0.5, 0.6) is 0 Å². The van der Waals surface area contributed by atoms with Crippen LogP contribution in [0.15, 0.2) is 58.8 Å². The Labute approximate surface area is 148 Å². The average Bonchev–Trinajstić information content (AvgIpc) is 3.15. The third kappa shape index (κ3) is 2.04. The van der Waals surface area contributed by atoms with Gasteiger partial charge in [0.1, 0.15) is 5.76 Å². The smallest absolute Gasteiger partial charge is 0.200 e. The highest BCUT2D eigenvalue weighted by Gasteiger charge is 2.47. The molecule has 0 saturated heterocycles. The Morgan fingerprint density at radius 2 is 1.76 bits per heavy atom. The molecular weight excluding hydrogens is 338 g/mol. The molecule has 0 fully saturated rings. The summed E-state index contributed by atoms with van der Waals surface area (Å²) in [4.78, 5) is 4.21. The van der Waals surface area contributed by atoms with Gasteiger partial charge in [-0.05, 0) is 29.5 Å². The standard InChI is InChI=1S/C19H17NO4S/c1-3-10-13(9-6-4-5-7-11(9)20-10)12-8(2)25-19-14(12)15(21)16(22)17(23)18(19)24/h3-7,14,19-24H,1H2,2H3. The molecule has 2 unspecified atom stereocenters. The van der Waals surface area contributed by atoms with Crippen molar-refractivity contribution >= 4 is 34.3 Å². The molecule has 0 spiro atoms. The maximum absolute atomic E-state index is 10.5. The molecule has 2 atom stereocenters. The molecule has 5 N–H and O–H groups in total. The number of aromatic nitrogens is 1. The van der Waals surface area contributed by atoms with Crippen molar-refractivity contribution in [1.82, 2.24) is 4.98 Å². The minimum absolute atomic E-state index is 0.320. The van der Waals surface area contributed by atoms with Crippen LogP contribution in [0.2, 0.25) is 0 Å². The second-order valence-corrected chi connectivity index (χ2v) is 7.47. The molecule has 0 radical (unpaired) electrons. The van der Waals surface area contributed by atoms with Crippen LogP contribution >= 0.6 is 11.8 Å². The molecule has 0 amide bonds. The van der Waals surface area contributed by atoms with Gasteiger partial charge in [0.05, 0.1) is 11.2 Å². The van der Waals surface area contributed by atoms with Gasteiger partial charge in [-0.1, -0.05) is 24.8 Å². The summed E-state index contributed by atoms with van der Waals surface area (Å²) < 4.78 is 0. The summed E-state index contributed by atoms with van der Waals surface area (Å²) in [7, 11) is 0. The zero-order chi connectivity index (χ0) is 17.9. The molecule has 128 valence electrons. The first-order chi connectivity index (χ1) is 12.0. The Bertz CT molecular complexity index is 1010. The lowest BCUT2D eigenvalue weighted by molar-refractivity contribution is 0.218. The molecule has 2 aliphatic rings. The molecule has 2 heterocycles. The second-order valence-electron chi connectivity index (χ2n) is 6.12. The Balaban J connectivity index is 1.99. The van der Waals surface area contributed by atoms with Gasteiger partial charge >= 0.3 is 0 Å². The van der Waals surface area contributed by atoms with E-state index in [2.05, 4.69) is 11.6 Å². The summed E-state index contributed by atoms with van der Waals surface area (Å²) in [5, 5.41) is 41.0. The first kappa shape index (κ1) is 15.8. The Kier molecular flexibility index (Phi) is 3.40. The number of aliphatic hydroxyl groups excluding tert-OH is 4. The predicted octanol–water partition coefficient (Wildman–Crippen LogP) is 4.94. The van der Waals surface area contributed by atoms with Crippen LogP contribution in [0.1, 0.15) is 18.2 Å². The van der Waals surface area contributed by atoms with Crippen molar-refractivity contribution in [3.8, 4) is 0 Å². The molecule has 0 saturated carbocycles. The summed E-state index contributed by atoms with van der Waals surface area (Å²) in [6.45, 7) is 5.77. The fraction of sp³-hybridized carbons (Fsp3) is 0.158. The van der Waals surface area contributed by atoms with E-state index < -0.39 is 22.7 Å².